The van der Waals surface area contributed by atoms with Crippen LogP contribution in [0.1, 0.15) is 48.0 Å². The van der Waals surface area contributed by atoms with Gasteiger partial charge in [-0.15, -0.1) is 0 Å². The maximum absolute atomic E-state index is 13.1. The molecule has 7 heteroatoms. The molecule has 3 aromatic rings. The van der Waals surface area contributed by atoms with Gasteiger partial charge in [0.05, 0.1) is 20.3 Å². The lowest BCUT2D eigenvalue weighted by molar-refractivity contribution is 0.00211. The number of rotatable bonds is 8. The zero-order chi connectivity index (χ0) is 22.5. The van der Waals surface area contributed by atoms with Crippen LogP contribution in [0.4, 0.5) is 0 Å². The monoisotopic (exact) mass is 438 g/mol. The van der Waals surface area contributed by atoms with Gasteiger partial charge in [0.25, 0.3) is 5.91 Å². The number of benzene rings is 2. The fourth-order valence-corrected chi connectivity index (χ4v) is 4.07. The summed E-state index contributed by atoms with van der Waals surface area (Å²) in [6, 6.07) is 11.2. The molecule has 1 amide bonds. The van der Waals surface area contributed by atoms with Crippen molar-refractivity contribution in [3.63, 3.8) is 0 Å². The minimum atomic E-state index is 0.00883. The number of carbonyl (C=O) groups is 1. The maximum Gasteiger partial charge on any atom is 0.254 e. The van der Waals surface area contributed by atoms with Crippen LogP contribution in [0.5, 0.6) is 11.5 Å². The Labute approximate surface area is 188 Å². The van der Waals surface area contributed by atoms with Gasteiger partial charge < -0.3 is 23.5 Å². The predicted octanol–water partition coefficient (Wildman–Crippen LogP) is 4.47. The molecular formula is C25H30N2O5. The Morgan fingerprint density at radius 1 is 1.16 bits per heavy atom. The van der Waals surface area contributed by atoms with E-state index in [-0.39, 0.29) is 12.0 Å². The molecule has 1 unspecified atom stereocenters. The Bertz CT molecular complexity index is 1080. The van der Waals surface area contributed by atoms with E-state index < -0.39 is 0 Å². The van der Waals surface area contributed by atoms with Crippen LogP contribution < -0.4 is 9.47 Å². The molecule has 0 aliphatic carbocycles. The summed E-state index contributed by atoms with van der Waals surface area (Å²) in [6.07, 6.45) is 3.58. The summed E-state index contributed by atoms with van der Waals surface area (Å²) in [5.41, 5.74) is 2.96. The SMILES string of the molecule is CCCOC1CCCN(C(=O)c2ccc3nc(Cc4ccc(OC)c(OC)c4)oc3c2)C1. The Morgan fingerprint density at radius 3 is 2.78 bits per heavy atom. The zero-order valence-corrected chi connectivity index (χ0v) is 18.9. The first-order valence-electron chi connectivity index (χ1n) is 11.1. The second-order valence-corrected chi connectivity index (χ2v) is 8.04. The number of ether oxygens (including phenoxy) is 3. The molecule has 1 aliphatic rings. The number of amides is 1. The molecule has 170 valence electrons. The number of carbonyl (C=O) groups excluding carboxylic acids is 1. The highest BCUT2D eigenvalue weighted by atomic mass is 16.5. The summed E-state index contributed by atoms with van der Waals surface area (Å²) >= 11 is 0. The molecule has 1 fully saturated rings. The highest BCUT2D eigenvalue weighted by Crippen LogP contribution is 2.29. The summed E-state index contributed by atoms with van der Waals surface area (Å²) in [5.74, 6) is 1.94. The summed E-state index contributed by atoms with van der Waals surface area (Å²) in [5, 5.41) is 0. The van der Waals surface area contributed by atoms with E-state index >= 15 is 0 Å². The highest BCUT2D eigenvalue weighted by molar-refractivity contribution is 5.97. The molecule has 2 aromatic carbocycles. The second-order valence-electron chi connectivity index (χ2n) is 8.04. The van der Waals surface area contributed by atoms with Gasteiger partial charge in [0.15, 0.2) is 23.0 Å². The van der Waals surface area contributed by atoms with Crippen LogP contribution >= 0.6 is 0 Å². The Morgan fingerprint density at radius 2 is 2.00 bits per heavy atom. The first-order chi connectivity index (χ1) is 15.6. The average molecular weight is 439 g/mol. The summed E-state index contributed by atoms with van der Waals surface area (Å²) in [7, 11) is 3.22. The van der Waals surface area contributed by atoms with Gasteiger partial charge in [-0.25, -0.2) is 4.98 Å². The molecule has 1 atom stereocenters. The molecule has 0 bridgehead atoms. The minimum Gasteiger partial charge on any atom is -0.493 e. The van der Waals surface area contributed by atoms with E-state index in [0.717, 1.165) is 43.5 Å². The van der Waals surface area contributed by atoms with Gasteiger partial charge >= 0.3 is 0 Å². The Kier molecular flexibility index (Phi) is 6.95. The van der Waals surface area contributed by atoms with Crippen LogP contribution in [0.2, 0.25) is 0 Å². The first-order valence-corrected chi connectivity index (χ1v) is 11.1. The highest BCUT2D eigenvalue weighted by Gasteiger charge is 2.25. The molecule has 0 radical (unpaired) electrons. The topological polar surface area (TPSA) is 74.0 Å². The van der Waals surface area contributed by atoms with E-state index in [9.17, 15) is 4.79 Å². The van der Waals surface area contributed by atoms with Crippen molar-refractivity contribution in [3.8, 4) is 11.5 Å². The van der Waals surface area contributed by atoms with Crippen LogP contribution in [-0.2, 0) is 11.2 Å². The summed E-state index contributed by atoms with van der Waals surface area (Å²) < 4.78 is 22.5. The molecule has 0 N–H and O–H groups in total. The van der Waals surface area contributed by atoms with E-state index in [2.05, 4.69) is 11.9 Å². The van der Waals surface area contributed by atoms with Crippen molar-refractivity contribution >= 4 is 17.0 Å². The van der Waals surface area contributed by atoms with Gasteiger partial charge in [0, 0.05) is 31.7 Å². The number of aromatic nitrogens is 1. The van der Waals surface area contributed by atoms with Gasteiger partial charge in [-0.3, -0.25) is 4.79 Å². The molecule has 0 saturated carbocycles. The van der Waals surface area contributed by atoms with Crippen molar-refractivity contribution in [3.05, 3.63) is 53.4 Å². The normalized spacial score (nSPS) is 16.3. The van der Waals surface area contributed by atoms with Crippen molar-refractivity contribution in [1.29, 1.82) is 0 Å². The summed E-state index contributed by atoms with van der Waals surface area (Å²) in [4.78, 5) is 19.5. The van der Waals surface area contributed by atoms with Crippen LogP contribution in [-0.4, -0.2) is 55.8 Å². The third kappa shape index (κ3) is 4.88. The molecule has 1 aliphatic heterocycles. The fraction of sp³-hybridized carbons (Fsp3) is 0.440. The lowest BCUT2D eigenvalue weighted by Crippen LogP contribution is -2.43. The number of nitrogens with zero attached hydrogens (tertiary/aromatic N) is 2. The summed E-state index contributed by atoms with van der Waals surface area (Å²) in [6.45, 7) is 4.22. The standard InChI is InChI=1S/C25H30N2O5/c1-4-12-31-19-6-5-11-27(16-19)25(28)18-8-9-20-22(15-18)32-24(26-20)14-17-7-10-21(29-2)23(13-17)30-3/h7-10,13,15,19H,4-6,11-12,14,16H2,1-3H3. The van der Waals surface area contributed by atoms with Crippen molar-refractivity contribution < 1.29 is 23.4 Å². The number of piperidine rings is 1. The van der Waals surface area contributed by atoms with Crippen molar-refractivity contribution in [1.82, 2.24) is 9.88 Å². The molecule has 2 heterocycles. The van der Waals surface area contributed by atoms with E-state index in [1.165, 1.54) is 0 Å². The lowest BCUT2D eigenvalue weighted by Gasteiger charge is -2.32. The number of likely N-dealkylation sites (tertiary alicyclic amines) is 1. The van der Waals surface area contributed by atoms with Gasteiger partial charge in [0.2, 0.25) is 0 Å². The van der Waals surface area contributed by atoms with Crippen molar-refractivity contribution in [2.75, 3.05) is 33.9 Å². The lowest BCUT2D eigenvalue weighted by atomic mass is 10.1. The number of fused-ring (bicyclic) bond motifs is 1. The molecule has 7 nitrogen and oxygen atoms in total. The fourth-order valence-electron chi connectivity index (χ4n) is 4.07. The van der Waals surface area contributed by atoms with Gasteiger partial charge in [-0.2, -0.15) is 0 Å². The molecular weight excluding hydrogens is 408 g/mol. The number of hydrogen-bond donors (Lipinski definition) is 0. The number of methoxy groups -OCH3 is 2. The Hall–Kier alpha value is -3.06. The molecule has 32 heavy (non-hydrogen) atoms. The van der Waals surface area contributed by atoms with Crippen LogP contribution in [0.15, 0.2) is 40.8 Å². The van der Waals surface area contributed by atoms with Crippen LogP contribution in [0, 0.1) is 0 Å². The predicted molar refractivity (Wildman–Crippen MR) is 122 cm³/mol. The van der Waals surface area contributed by atoms with Gasteiger partial charge in [-0.1, -0.05) is 13.0 Å². The second kappa shape index (κ2) is 10.0. The minimum absolute atomic E-state index is 0.00883. The van der Waals surface area contributed by atoms with Crippen LogP contribution in [0.3, 0.4) is 0 Å². The quantitative estimate of drug-likeness (QED) is 0.517. The smallest absolute Gasteiger partial charge is 0.254 e. The third-order valence-electron chi connectivity index (χ3n) is 5.71. The third-order valence-corrected chi connectivity index (χ3v) is 5.71. The average Bonchev–Trinajstić information content (AvgIpc) is 3.23. The number of hydrogen-bond acceptors (Lipinski definition) is 6. The Balaban J connectivity index is 1.49. The molecule has 1 aromatic heterocycles. The molecule has 4 rings (SSSR count). The zero-order valence-electron chi connectivity index (χ0n) is 18.9. The van der Waals surface area contributed by atoms with E-state index in [4.69, 9.17) is 18.6 Å². The van der Waals surface area contributed by atoms with Crippen molar-refractivity contribution in [2.45, 2.75) is 38.7 Å². The first kappa shape index (κ1) is 22.1. The molecule has 0 spiro atoms. The van der Waals surface area contributed by atoms with Gasteiger partial charge in [-0.05, 0) is 55.2 Å². The maximum atomic E-state index is 13.1. The van der Waals surface area contributed by atoms with E-state index in [1.807, 2.05) is 35.2 Å². The van der Waals surface area contributed by atoms with E-state index in [0.29, 0.717) is 41.5 Å². The largest absolute Gasteiger partial charge is 0.493 e. The molecule has 1 saturated heterocycles. The van der Waals surface area contributed by atoms with Gasteiger partial charge in [0.1, 0.15) is 5.52 Å². The van der Waals surface area contributed by atoms with Crippen LogP contribution in [0.25, 0.3) is 11.1 Å². The van der Waals surface area contributed by atoms with E-state index in [1.54, 1.807) is 20.3 Å². The number of oxazole rings is 1. The van der Waals surface area contributed by atoms with Crippen molar-refractivity contribution in [2.24, 2.45) is 0 Å².